The largest absolute Gasteiger partial charge is 0.314 e. The molecule has 2 rings (SSSR count). The number of hydrogen-bond acceptors (Lipinski definition) is 1. The molecule has 1 N–H and O–H groups in total. The van der Waals surface area contributed by atoms with Gasteiger partial charge in [-0.25, -0.2) is 0 Å². The second-order valence-corrected chi connectivity index (χ2v) is 3.84. The van der Waals surface area contributed by atoms with E-state index in [0.29, 0.717) is 6.04 Å². The van der Waals surface area contributed by atoms with E-state index >= 15 is 0 Å². The average molecular weight is 185 g/mol. The van der Waals surface area contributed by atoms with Gasteiger partial charge in [0.15, 0.2) is 0 Å². The summed E-state index contributed by atoms with van der Waals surface area (Å²) in [6.07, 6.45) is 9.05. The summed E-state index contributed by atoms with van der Waals surface area (Å²) in [4.78, 5) is 0. The van der Waals surface area contributed by atoms with Crippen LogP contribution in [0.1, 0.15) is 24.0 Å². The van der Waals surface area contributed by atoms with Gasteiger partial charge < -0.3 is 5.32 Å². The van der Waals surface area contributed by atoms with Crippen LogP contribution >= 0.6 is 0 Å². The quantitative estimate of drug-likeness (QED) is 0.694. The van der Waals surface area contributed by atoms with E-state index in [9.17, 15) is 0 Å². The van der Waals surface area contributed by atoms with Crippen molar-refractivity contribution in [2.75, 3.05) is 6.54 Å². The fourth-order valence-corrected chi connectivity index (χ4v) is 1.95. The van der Waals surface area contributed by atoms with Crippen LogP contribution in [0.4, 0.5) is 0 Å². The number of terminal acetylenes is 1. The zero-order valence-electron chi connectivity index (χ0n) is 8.29. The Bertz CT molecular complexity index is 325. The summed E-state index contributed by atoms with van der Waals surface area (Å²) in [5.74, 6) is 2.63. The first-order valence-electron chi connectivity index (χ1n) is 5.17. The van der Waals surface area contributed by atoms with Crippen LogP contribution in [0, 0.1) is 12.3 Å². The van der Waals surface area contributed by atoms with Crippen LogP contribution in [0.3, 0.4) is 0 Å². The first kappa shape index (κ1) is 9.30. The molecule has 14 heavy (non-hydrogen) atoms. The smallest absolute Gasteiger partial charge is 0.0242 e. The fraction of sp³-hybridized carbons (Fsp3) is 0.385. The molecule has 1 unspecified atom stereocenters. The molecular weight excluding hydrogens is 170 g/mol. The molecule has 0 amide bonds. The third-order valence-electron chi connectivity index (χ3n) is 2.77. The molecule has 1 heteroatoms. The number of rotatable bonds is 2. The predicted octanol–water partition coefficient (Wildman–Crippen LogP) is 1.96. The highest BCUT2D eigenvalue weighted by Crippen LogP contribution is 2.12. The number of nitrogens with one attached hydrogen (secondary N) is 1. The van der Waals surface area contributed by atoms with Gasteiger partial charge >= 0.3 is 0 Å². The third-order valence-corrected chi connectivity index (χ3v) is 2.77. The van der Waals surface area contributed by atoms with Gasteiger partial charge in [0, 0.05) is 11.6 Å². The fourth-order valence-electron chi connectivity index (χ4n) is 1.95. The van der Waals surface area contributed by atoms with Gasteiger partial charge in [0.05, 0.1) is 0 Å². The molecule has 1 aromatic rings. The SMILES string of the molecule is C#Cc1ccc(CC2CCCN2)cc1. The molecule has 1 atom stereocenters. The van der Waals surface area contributed by atoms with E-state index in [1.165, 1.54) is 24.9 Å². The summed E-state index contributed by atoms with van der Waals surface area (Å²) in [6, 6.07) is 8.98. The Hall–Kier alpha value is -1.26. The van der Waals surface area contributed by atoms with Gasteiger partial charge in [0.25, 0.3) is 0 Å². The Morgan fingerprint density at radius 2 is 2.14 bits per heavy atom. The van der Waals surface area contributed by atoms with E-state index in [1.807, 2.05) is 12.1 Å². The van der Waals surface area contributed by atoms with Crippen molar-refractivity contribution in [2.45, 2.75) is 25.3 Å². The van der Waals surface area contributed by atoms with Gasteiger partial charge in [-0.15, -0.1) is 6.42 Å². The molecule has 1 heterocycles. The van der Waals surface area contributed by atoms with Gasteiger partial charge in [0.1, 0.15) is 0 Å². The van der Waals surface area contributed by atoms with Crippen molar-refractivity contribution in [2.24, 2.45) is 0 Å². The molecule has 1 aliphatic heterocycles. The first-order chi connectivity index (χ1) is 6.88. The Morgan fingerprint density at radius 3 is 2.71 bits per heavy atom. The van der Waals surface area contributed by atoms with E-state index < -0.39 is 0 Å². The van der Waals surface area contributed by atoms with Crippen LogP contribution < -0.4 is 5.32 Å². The molecular formula is C13H15N. The zero-order valence-corrected chi connectivity index (χ0v) is 8.29. The minimum Gasteiger partial charge on any atom is -0.314 e. The van der Waals surface area contributed by atoms with Gasteiger partial charge in [-0.1, -0.05) is 18.1 Å². The molecule has 0 bridgehead atoms. The summed E-state index contributed by atoms with van der Waals surface area (Å²) in [5.41, 5.74) is 2.34. The predicted molar refractivity (Wildman–Crippen MR) is 59.1 cm³/mol. The van der Waals surface area contributed by atoms with Gasteiger partial charge in [0.2, 0.25) is 0 Å². The van der Waals surface area contributed by atoms with Crippen molar-refractivity contribution in [3.05, 3.63) is 35.4 Å². The van der Waals surface area contributed by atoms with Crippen LogP contribution in [0.5, 0.6) is 0 Å². The molecule has 1 aromatic carbocycles. The van der Waals surface area contributed by atoms with Crippen LogP contribution in [0.2, 0.25) is 0 Å². The molecule has 0 spiro atoms. The molecule has 0 aromatic heterocycles. The highest BCUT2D eigenvalue weighted by Gasteiger charge is 2.13. The lowest BCUT2D eigenvalue weighted by Gasteiger charge is -2.09. The highest BCUT2D eigenvalue weighted by atomic mass is 14.9. The summed E-state index contributed by atoms with van der Waals surface area (Å²) in [7, 11) is 0. The van der Waals surface area contributed by atoms with Crippen LogP contribution in [0.25, 0.3) is 0 Å². The summed E-state index contributed by atoms with van der Waals surface area (Å²) in [6.45, 7) is 1.17. The molecule has 1 aliphatic rings. The van der Waals surface area contributed by atoms with Crippen molar-refractivity contribution in [1.29, 1.82) is 0 Å². The van der Waals surface area contributed by atoms with E-state index in [0.717, 1.165) is 12.0 Å². The maximum atomic E-state index is 5.30. The first-order valence-corrected chi connectivity index (χ1v) is 5.17. The Morgan fingerprint density at radius 1 is 1.36 bits per heavy atom. The van der Waals surface area contributed by atoms with Crippen LogP contribution in [0.15, 0.2) is 24.3 Å². The van der Waals surface area contributed by atoms with Gasteiger partial charge in [-0.3, -0.25) is 0 Å². The van der Waals surface area contributed by atoms with Gasteiger partial charge in [-0.2, -0.15) is 0 Å². The minimum absolute atomic E-state index is 0.673. The second kappa shape index (κ2) is 4.30. The van der Waals surface area contributed by atoms with Crippen molar-refractivity contribution >= 4 is 0 Å². The van der Waals surface area contributed by atoms with E-state index in [2.05, 4.69) is 23.4 Å². The Kier molecular flexibility index (Phi) is 2.86. The maximum Gasteiger partial charge on any atom is 0.0242 e. The summed E-state index contributed by atoms with van der Waals surface area (Å²) in [5, 5.41) is 3.49. The average Bonchev–Trinajstić information content (AvgIpc) is 2.72. The molecule has 1 fully saturated rings. The molecule has 0 aliphatic carbocycles. The standard InChI is InChI=1S/C13H15N/c1-2-11-5-7-12(8-6-11)10-13-4-3-9-14-13/h1,5-8,13-14H,3-4,9-10H2. The third kappa shape index (κ3) is 2.16. The summed E-state index contributed by atoms with van der Waals surface area (Å²) < 4.78 is 0. The minimum atomic E-state index is 0.673. The Balaban J connectivity index is 1.99. The topological polar surface area (TPSA) is 12.0 Å². The monoisotopic (exact) mass is 185 g/mol. The van der Waals surface area contributed by atoms with Crippen molar-refractivity contribution in [3.63, 3.8) is 0 Å². The lowest BCUT2D eigenvalue weighted by atomic mass is 10.0. The van der Waals surface area contributed by atoms with Crippen molar-refractivity contribution in [3.8, 4) is 12.3 Å². The number of benzene rings is 1. The lowest BCUT2D eigenvalue weighted by Crippen LogP contribution is -2.23. The van der Waals surface area contributed by atoms with Crippen molar-refractivity contribution < 1.29 is 0 Å². The molecule has 0 saturated carbocycles. The van der Waals surface area contributed by atoms with Gasteiger partial charge in [-0.05, 0) is 43.5 Å². The van der Waals surface area contributed by atoms with E-state index in [-0.39, 0.29) is 0 Å². The van der Waals surface area contributed by atoms with Crippen LogP contribution in [-0.4, -0.2) is 12.6 Å². The number of hydrogen-bond donors (Lipinski definition) is 1. The molecule has 1 saturated heterocycles. The molecule has 72 valence electrons. The van der Waals surface area contributed by atoms with E-state index in [1.54, 1.807) is 0 Å². The lowest BCUT2D eigenvalue weighted by molar-refractivity contribution is 0.603. The van der Waals surface area contributed by atoms with E-state index in [4.69, 9.17) is 6.42 Å². The molecule has 1 nitrogen and oxygen atoms in total. The van der Waals surface area contributed by atoms with Crippen LogP contribution in [-0.2, 0) is 6.42 Å². The Labute approximate surface area is 85.5 Å². The highest BCUT2D eigenvalue weighted by molar-refractivity contribution is 5.34. The zero-order chi connectivity index (χ0) is 9.80. The second-order valence-electron chi connectivity index (χ2n) is 3.84. The van der Waals surface area contributed by atoms with Crippen molar-refractivity contribution in [1.82, 2.24) is 5.32 Å². The summed E-state index contributed by atoms with van der Waals surface area (Å²) >= 11 is 0. The normalized spacial score (nSPS) is 20.6. The maximum absolute atomic E-state index is 5.30. The molecule has 0 radical (unpaired) electrons.